The van der Waals surface area contributed by atoms with Crippen LogP contribution in [0.1, 0.15) is 28.8 Å². The lowest BCUT2D eigenvalue weighted by molar-refractivity contribution is 0.102. The molecule has 0 atom stereocenters. The van der Waals surface area contributed by atoms with Crippen molar-refractivity contribution in [2.45, 2.75) is 30.7 Å². The van der Waals surface area contributed by atoms with E-state index in [-0.39, 0.29) is 16.8 Å². The Kier molecular flexibility index (Phi) is 4.70. The number of nitrogens with zero attached hydrogens (tertiary/aromatic N) is 3. The predicted octanol–water partition coefficient (Wildman–Crippen LogP) is 2.27. The predicted molar refractivity (Wildman–Crippen MR) is 104 cm³/mol. The van der Waals surface area contributed by atoms with Gasteiger partial charge in [-0.15, -0.1) is 0 Å². The fraction of sp³-hybridized carbons (Fsp3) is 0.211. The molecule has 1 amide bonds. The van der Waals surface area contributed by atoms with E-state index in [1.807, 2.05) is 0 Å². The molecule has 1 aliphatic carbocycles. The van der Waals surface area contributed by atoms with Crippen molar-refractivity contribution in [3.63, 3.8) is 0 Å². The normalized spacial score (nSPS) is 14.0. The van der Waals surface area contributed by atoms with Gasteiger partial charge < -0.3 is 5.32 Å². The summed E-state index contributed by atoms with van der Waals surface area (Å²) in [6, 6.07) is 11.7. The van der Waals surface area contributed by atoms with Crippen LogP contribution in [-0.4, -0.2) is 35.1 Å². The Labute approximate surface area is 162 Å². The van der Waals surface area contributed by atoms with Crippen LogP contribution in [0, 0.1) is 6.92 Å². The van der Waals surface area contributed by atoms with Crippen molar-refractivity contribution >= 4 is 21.6 Å². The minimum atomic E-state index is -3.62. The van der Waals surface area contributed by atoms with Crippen molar-refractivity contribution in [1.29, 1.82) is 0 Å². The van der Waals surface area contributed by atoms with Gasteiger partial charge in [0.1, 0.15) is 12.7 Å². The number of aryl methyl sites for hydroxylation is 1. The number of hydrogen-bond acceptors (Lipinski definition) is 5. The topological polar surface area (TPSA) is 106 Å². The van der Waals surface area contributed by atoms with Crippen molar-refractivity contribution in [2.75, 3.05) is 5.32 Å². The van der Waals surface area contributed by atoms with Gasteiger partial charge >= 0.3 is 0 Å². The highest BCUT2D eigenvalue weighted by Gasteiger charge is 2.28. The first-order valence-electron chi connectivity index (χ1n) is 8.82. The first kappa shape index (κ1) is 18.3. The highest BCUT2D eigenvalue weighted by atomic mass is 32.2. The third-order valence-corrected chi connectivity index (χ3v) is 5.99. The molecular formula is C19H19N5O3S. The SMILES string of the molecule is Cc1ccc(S(=O)(=O)NC2CC2)cc1C(=O)Nc1ccc(-n2cncn2)cc1. The largest absolute Gasteiger partial charge is 0.322 e. The first-order valence-corrected chi connectivity index (χ1v) is 10.3. The number of amides is 1. The smallest absolute Gasteiger partial charge is 0.255 e. The molecule has 144 valence electrons. The van der Waals surface area contributed by atoms with Crippen LogP contribution in [0.15, 0.2) is 60.0 Å². The van der Waals surface area contributed by atoms with Crippen molar-refractivity contribution in [2.24, 2.45) is 0 Å². The summed E-state index contributed by atoms with van der Waals surface area (Å²) >= 11 is 0. The molecule has 9 heteroatoms. The zero-order valence-corrected chi connectivity index (χ0v) is 16.0. The van der Waals surface area contributed by atoms with Crippen LogP contribution in [0.3, 0.4) is 0 Å². The van der Waals surface area contributed by atoms with Crippen LogP contribution in [0.25, 0.3) is 5.69 Å². The maximum Gasteiger partial charge on any atom is 0.255 e. The number of benzene rings is 2. The average molecular weight is 397 g/mol. The molecule has 1 aromatic heterocycles. The van der Waals surface area contributed by atoms with Crippen LogP contribution in [0.2, 0.25) is 0 Å². The fourth-order valence-electron chi connectivity index (χ4n) is 2.74. The Hall–Kier alpha value is -3.04. The number of rotatable bonds is 6. The van der Waals surface area contributed by atoms with E-state index in [2.05, 4.69) is 20.1 Å². The van der Waals surface area contributed by atoms with Crippen LogP contribution in [0.4, 0.5) is 5.69 Å². The number of carbonyl (C=O) groups is 1. The Balaban J connectivity index is 1.53. The second-order valence-corrected chi connectivity index (χ2v) is 8.43. The Morgan fingerprint density at radius 2 is 1.89 bits per heavy atom. The Morgan fingerprint density at radius 1 is 1.14 bits per heavy atom. The monoisotopic (exact) mass is 397 g/mol. The molecule has 0 saturated heterocycles. The lowest BCUT2D eigenvalue weighted by Gasteiger charge is -2.11. The molecule has 0 aliphatic heterocycles. The highest BCUT2D eigenvalue weighted by Crippen LogP contribution is 2.23. The van der Waals surface area contributed by atoms with Gasteiger partial charge in [0.05, 0.1) is 10.6 Å². The lowest BCUT2D eigenvalue weighted by Crippen LogP contribution is -2.26. The Bertz CT molecular complexity index is 1100. The minimum absolute atomic E-state index is 0.00656. The summed E-state index contributed by atoms with van der Waals surface area (Å²) in [6.45, 7) is 1.77. The zero-order chi connectivity index (χ0) is 19.7. The van der Waals surface area contributed by atoms with E-state index >= 15 is 0 Å². The number of nitrogens with one attached hydrogen (secondary N) is 2. The van der Waals surface area contributed by atoms with E-state index in [0.29, 0.717) is 16.8 Å². The quantitative estimate of drug-likeness (QED) is 0.664. The first-order chi connectivity index (χ1) is 13.4. The van der Waals surface area contributed by atoms with Gasteiger partial charge in [0.15, 0.2) is 0 Å². The van der Waals surface area contributed by atoms with Gasteiger partial charge in [-0.1, -0.05) is 6.07 Å². The van der Waals surface area contributed by atoms with Crippen LogP contribution in [0.5, 0.6) is 0 Å². The average Bonchev–Trinajstić information content (AvgIpc) is 3.30. The Morgan fingerprint density at radius 3 is 2.54 bits per heavy atom. The molecule has 0 bridgehead atoms. The molecule has 2 N–H and O–H groups in total. The van der Waals surface area contributed by atoms with Gasteiger partial charge in [0.25, 0.3) is 5.91 Å². The van der Waals surface area contributed by atoms with Crippen molar-refractivity contribution in [3.8, 4) is 5.69 Å². The maximum absolute atomic E-state index is 12.7. The number of carbonyl (C=O) groups excluding carboxylic acids is 1. The summed E-state index contributed by atoms with van der Waals surface area (Å²) in [6.07, 6.45) is 4.72. The molecule has 0 unspecified atom stereocenters. The van der Waals surface area contributed by atoms with Gasteiger partial charge in [-0.25, -0.2) is 22.8 Å². The molecule has 1 saturated carbocycles. The van der Waals surface area contributed by atoms with Crippen molar-refractivity contribution in [3.05, 3.63) is 66.2 Å². The number of aromatic nitrogens is 3. The fourth-order valence-corrected chi connectivity index (χ4v) is 4.07. The van der Waals surface area contributed by atoms with Gasteiger partial charge in [-0.05, 0) is 61.7 Å². The molecule has 1 aliphatic rings. The summed E-state index contributed by atoms with van der Waals surface area (Å²) in [5, 5.41) is 6.85. The van der Waals surface area contributed by atoms with Gasteiger partial charge in [-0.2, -0.15) is 5.10 Å². The molecule has 28 heavy (non-hydrogen) atoms. The van der Waals surface area contributed by atoms with E-state index in [0.717, 1.165) is 18.5 Å². The van der Waals surface area contributed by atoms with Crippen molar-refractivity contribution in [1.82, 2.24) is 19.5 Å². The molecule has 0 spiro atoms. The maximum atomic E-state index is 12.7. The van der Waals surface area contributed by atoms with E-state index in [1.54, 1.807) is 48.3 Å². The second-order valence-electron chi connectivity index (χ2n) is 6.71. The van der Waals surface area contributed by atoms with Crippen LogP contribution < -0.4 is 10.0 Å². The summed E-state index contributed by atoms with van der Waals surface area (Å²) in [5.74, 6) is -0.366. The summed E-state index contributed by atoms with van der Waals surface area (Å²) < 4.78 is 29.1. The zero-order valence-electron chi connectivity index (χ0n) is 15.2. The van der Waals surface area contributed by atoms with E-state index in [4.69, 9.17) is 0 Å². The number of anilines is 1. The van der Waals surface area contributed by atoms with Gasteiger partial charge in [-0.3, -0.25) is 4.79 Å². The lowest BCUT2D eigenvalue weighted by atomic mass is 10.1. The summed E-state index contributed by atoms with van der Waals surface area (Å²) in [7, 11) is -3.62. The number of hydrogen-bond donors (Lipinski definition) is 2. The molecule has 1 heterocycles. The standard InChI is InChI=1S/C19H19N5O3S/c1-13-2-9-17(28(26,27)23-15-3-4-15)10-18(13)19(25)22-14-5-7-16(8-6-14)24-12-20-11-21-24/h2,5-12,15,23H,3-4H2,1H3,(H,22,25). The summed E-state index contributed by atoms with van der Waals surface area (Å²) in [4.78, 5) is 16.7. The minimum Gasteiger partial charge on any atom is -0.322 e. The van der Waals surface area contributed by atoms with Crippen LogP contribution in [-0.2, 0) is 10.0 Å². The second kappa shape index (κ2) is 7.17. The molecule has 4 rings (SSSR count). The van der Waals surface area contributed by atoms with E-state index in [1.165, 1.54) is 18.5 Å². The molecule has 3 aromatic rings. The van der Waals surface area contributed by atoms with Gasteiger partial charge in [0.2, 0.25) is 10.0 Å². The number of sulfonamides is 1. The third-order valence-electron chi connectivity index (χ3n) is 4.47. The third kappa shape index (κ3) is 3.95. The molecular weight excluding hydrogens is 378 g/mol. The summed E-state index contributed by atoms with van der Waals surface area (Å²) in [5.41, 5.74) is 2.42. The molecule has 8 nitrogen and oxygen atoms in total. The molecule has 1 fully saturated rings. The molecule has 2 aromatic carbocycles. The van der Waals surface area contributed by atoms with E-state index in [9.17, 15) is 13.2 Å². The van der Waals surface area contributed by atoms with E-state index < -0.39 is 10.0 Å². The van der Waals surface area contributed by atoms with Crippen molar-refractivity contribution < 1.29 is 13.2 Å². The van der Waals surface area contributed by atoms with Gasteiger partial charge in [0, 0.05) is 17.3 Å². The highest BCUT2D eigenvalue weighted by molar-refractivity contribution is 7.89. The van der Waals surface area contributed by atoms with Crippen LogP contribution >= 0.6 is 0 Å². The molecule has 0 radical (unpaired) electrons.